The van der Waals surface area contributed by atoms with Crippen molar-refractivity contribution in [1.82, 2.24) is 10.2 Å². The molecule has 1 N–H and O–H groups in total. The zero-order chi connectivity index (χ0) is 15.0. The number of nitrogens with zero attached hydrogens (tertiary/aromatic N) is 1. The second-order valence-electron chi connectivity index (χ2n) is 6.15. The molecule has 4 nitrogen and oxygen atoms in total. The van der Waals surface area contributed by atoms with Crippen molar-refractivity contribution in [3.63, 3.8) is 0 Å². The predicted octanol–water partition coefficient (Wildman–Crippen LogP) is 3.11. The van der Waals surface area contributed by atoms with Crippen LogP contribution in [0.3, 0.4) is 0 Å². The number of hydrogen-bond acceptors (Lipinski definition) is 3. The van der Waals surface area contributed by atoms with Crippen LogP contribution < -0.4 is 5.32 Å². The molecule has 2 aliphatic rings. The van der Waals surface area contributed by atoms with Gasteiger partial charge in [0.15, 0.2) is 0 Å². The van der Waals surface area contributed by atoms with E-state index in [-0.39, 0.29) is 11.7 Å². The molecule has 1 aliphatic heterocycles. The van der Waals surface area contributed by atoms with E-state index in [9.17, 15) is 4.79 Å². The molecule has 0 bridgehead atoms. The Morgan fingerprint density at radius 2 is 1.90 bits per heavy atom. The van der Waals surface area contributed by atoms with E-state index in [1.807, 2.05) is 20.8 Å². The van der Waals surface area contributed by atoms with Crippen LogP contribution in [0.5, 0.6) is 0 Å². The third kappa shape index (κ3) is 7.34. The molecule has 114 valence electrons. The summed E-state index contributed by atoms with van der Waals surface area (Å²) in [6.07, 6.45) is 8.92. The van der Waals surface area contributed by atoms with E-state index in [2.05, 4.69) is 30.5 Å². The second-order valence-corrected chi connectivity index (χ2v) is 6.15. The van der Waals surface area contributed by atoms with Gasteiger partial charge in [0, 0.05) is 26.2 Å². The largest absolute Gasteiger partial charge is 0.444 e. The Bertz CT molecular complexity index is 361. The van der Waals surface area contributed by atoms with Gasteiger partial charge in [0.1, 0.15) is 5.60 Å². The molecular weight excluding hydrogens is 252 g/mol. The van der Waals surface area contributed by atoms with Crippen LogP contribution in [0, 0.1) is 0 Å². The third-order valence-corrected chi connectivity index (χ3v) is 2.95. The molecule has 1 amide bonds. The first-order chi connectivity index (χ1) is 9.38. The number of amides is 1. The molecule has 1 saturated heterocycles. The molecule has 0 spiro atoms. The van der Waals surface area contributed by atoms with Crippen molar-refractivity contribution < 1.29 is 9.53 Å². The summed E-state index contributed by atoms with van der Waals surface area (Å²) in [5.74, 6) is 0. The number of hydrogen-bond donors (Lipinski definition) is 1. The summed E-state index contributed by atoms with van der Waals surface area (Å²) in [6.45, 7) is 11.0. The molecule has 0 unspecified atom stereocenters. The maximum atomic E-state index is 11.5. The highest BCUT2D eigenvalue weighted by atomic mass is 16.6. The molecule has 1 heterocycles. The molecule has 2 rings (SSSR count). The maximum absolute atomic E-state index is 11.5. The molecule has 20 heavy (non-hydrogen) atoms. The van der Waals surface area contributed by atoms with Gasteiger partial charge in [-0.1, -0.05) is 23.8 Å². The Balaban J connectivity index is 0.000000240. The number of nitrogens with one attached hydrogen (secondary N) is 1. The van der Waals surface area contributed by atoms with Crippen molar-refractivity contribution in [3.05, 3.63) is 23.8 Å². The lowest BCUT2D eigenvalue weighted by molar-refractivity contribution is 0.0229. The van der Waals surface area contributed by atoms with Crippen molar-refractivity contribution in [1.29, 1.82) is 0 Å². The highest BCUT2D eigenvalue weighted by molar-refractivity contribution is 5.68. The standard InChI is InChI=1S/C9H18N2O2.C7H10/c1-9(2,3)13-8(12)11-6-4-10-5-7-11;1-7-5-3-2-4-6-7/h10H,4-7H2,1-3H3;3,5-6H,2,4H2,1H3. The molecular formula is C16H28N2O2. The van der Waals surface area contributed by atoms with Crippen molar-refractivity contribution in [2.24, 2.45) is 0 Å². The first kappa shape index (κ1) is 16.8. The molecule has 1 fully saturated rings. The number of ether oxygens (including phenoxy) is 1. The Morgan fingerprint density at radius 3 is 2.30 bits per heavy atom. The van der Waals surface area contributed by atoms with Crippen LogP contribution in [0.25, 0.3) is 0 Å². The predicted molar refractivity (Wildman–Crippen MR) is 82.8 cm³/mol. The lowest BCUT2D eigenvalue weighted by Crippen LogP contribution is -2.48. The van der Waals surface area contributed by atoms with Gasteiger partial charge in [0.25, 0.3) is 0 Å². The quantitative estimate of drug-likeness (QED) is 0.741. The van der Waals surface area contributed by atoms with Crippen molar-refractivity contribution in [2.75, 3.05) is 26.2 Å². The van der Waals surface area contributed by atoms with Gasteiger partial charge in [-0.3, -0.25) is 0 Å². The highest BCUT2D eigenvalue weighted by Gasteiger charge is 2.22. The highest BCUT2D eigenvalue weighted by Crippen LogP contribution is 2.10. The number of carbonyl (C=O) groups is 1. The summed E-state index contributed by atoms with van der Waals surface area (Å²) >= 11 is 0. The number of piperazine rings is 1. The molecule has 4 heteroatoms. The van der Waals surface area contributed by atoms with Crippen LogP contribution in [0.15, 0.2) is 23.8 Å². The Kier molecular flexibility index (Phi) is 6.79. The van der Waals surface area contributed by atoms with Gasteiger partial charge >= 0.3 is 6.09 Å². The molecule has 0 atom stereocenters. The molecule has 0 aromatic carbocycles. The normalized spacial score (nSPS) is 18.8. The minimum absolute atomic E-state index is 0.200. The summed E-state index contributed by atoms with van der Waals surface area (Å²) in [5, 5.41) is 3.18. The summed E-state index contributed by atoms with van der Waals surface area (Å²) in [5.41, 5.74) is 1.02. The minimum atomic E-state index is -0.387. The van der Waals surface area contributed by atoms with Gasteiger partial charge in [-0.25, -0.2) is 4.79 Å². The lowest BCUT2D eigenvalue weighted by atomic mass is 10.1. The van der Waals surface area contributed by atoms with Crippen LogP contribution in [-0.4, -0.2) is 42.8 Å². The number of carbonyl (C=O) groups excluding carboxylic acids is 1. The Hall–Kier alpha value is -1.29. The van der Waals surface area contributed by atoms with Crippen LogP contribution in [0.4, 0.5) is 4.79 Å². The van der Waals surface area contributed by atoms with Gasteiger partial charge in [-0.15, -0.1) is 0 Å². The van der Waals surface area contributed by atoms with E-state index < -0.39 is 0 Å². The zero-order valence-electron chi connectivity index (χ0n) is 13.2. The van der Waals surface area contributed by atoms with Crippen molar-refractivity contribution in [2.45, 2.75) is 46.1 Å². The second kappa shape index (κ2) is 8.10. The third-order valence-electron chi connectivity index (χ3n) is 2.95. The van der Waals surface area contributed by atoms with E-state index in [0.717, 1.165) is 26.2 Å². The van der Waals surface area contributed by atoms with Gasteiger partial charge in [0.2, 0.25) is 0 Å². The minimum Gasteiger partial charge on any atom is -0.444 e. The Labute approximate surface area is 122 Å². The summed E-state index contributed by atoms with van der Waals surface area (Å²) < 4.78 is 5.24. The van der Waals surface area contributed by atoms with Crippen molar-refractivity contribution in [3.8, 4) is 0 Å². The van der Waals surface area contributed by atoms with Gasteiger partial charge in [0.05, 0.1) is 0 Å². The fourth-order valence-electron chi connectivity index (χ4n) is 1.92. The first-order valence-corrected chi connectivity index (χ1v) is 7.40. The van der Waals surface area contributed by atoms with E-state index in [4.69, 9.17) is 4.74 Å². The van der Waals surface area contributed by atoms with E-state index in [1.165, 1.54) is 18.4 Å². The fraction of sp³-hybridized carbons (Fsp3) is 0.688. The van der Waals surface area contributed by atoms with E-state index in [0.29, 0.717) is 0 Å². The molecule has 1 aliphatic carbocycles. The summed E-state index contributed by atoms with van der Waals surface area (Å²) in [7, 11) is 0. The van der Waals surface area contributed by atoms with Gasteiger partial charge in [-0.05, 0) is 40.5 Å². The summed E-state index contributed by atoms with van der Waals surface area (Å²) in [4.78, 5) is 13.2. The average molecular weight is 280 g/mol. The zero-order valence-corrected chi connectivity index (χ0v) is 13.2. The van der Waals surface area contributed by atoms with Gasteiger partial charge < -0.3 is 15.0 Å². The molecule has 0 aromatic heterocycles. The van der Waals surface area contributed by atoms with E-state index >= 15 is 0 Å². The van der Waals surface area contributed by atoms with Crippen LogP contribution in [-0.2, 0) is 4.74 Å². The van der Waals surface area contributed by atoms with Crippen LogP contribution >= 0.6 is 0 Å². The fourth-order valence-corrected chi connectivity index (χ4v) is 1.92. The average Bonchev–Trinajstić information content (AvgIpc) is 2.39. The molecule has 0 aromatic rings. The SMILES string of the molecule is CC(C)(C)OC(=O)N1CCNCC1.CC1=CCCC=C1. The van der Waals surface area contributed by atoms with Crippen LogP contribution in [0.1, 0.15) is 40.5 Å². The van der Waals surface area contributed by atoms with Crippen molar-refractivity contribution >= 4 is 6.09 Å². The Morgan fingerprint density at radius 1 is 1.25 bits per heavy atom. The number of rotatable bonds is 0. The smallest absolute Gasteiger partial charge is 0.410 e. The van der Waals surface area contributed by atoms with E-state index in [1.54, 1.807) is 4.90 Å². The molecule has 0 radical (unpaired) electrons. The lowest BCUT2D eigenvalue weighted by Gasteiger charge is -2.30. The summed E-state index contributed by atoms with van der Waals surface area (Å²) in [6, 6.07) is 0. The first-order valence-electron chi connectivity index (χ1n) is 7.40. The number of allylic oxidation sites excluding steroid dienone is 4. The van der Waals surface area contributed by atoms with Gasteiger partial charge in [-0.2, -0.15) is 0 Å². The maximum Gasteiger partial charge on any atom is 0.410 e. The molecule has 0 saturated carbocycles. The monoisotopic (exact) mass is 280 g/mol. The topological polar surface area (TPSA) is 41.6 Å². The van der Waals surface area contributed by atoms with Crippen LogP contribution in [0.2, 0.25) is 0 Å².